The van der Waals surface area contributed by atoms with Crippen LogP contribution in [0.25, 0.3) is 0 Å². The molecule has 0 bridgehead atoms. The summed E-state index contributed by atoms with van der Waals surface area (Å²) in [5.41, 5.74) is 0. The van der Waals surface area contributed by atoms with Gasteiger partial charge in [0.2, 0.25) is 0 Å². The molecule has 0 aromatic rings. The van der Waals surface area contributed by atoms with Crippen molar-refractivity contribution in [1.29, 1.82) is 0 Å². The Kier molecular flexibility index (Phi) is 53.2. The van der Waals surface area contributed by atoms with Gasteiger partial charge in [0.25, 0.3) is 0 Å². The fourth-order valence-electron chi connectivity index (χ4n) is 8.46. The molecule has 0 spiro atoms. The van der Waals surface area contributed by atoms with Crippen LogP contribution in [-0.4, -0.2) is 37.2 Å². The van der Waals surface area contributed by atoms with Crippen molar-refractivity contribution in [1.82, 2.24) is 0 Å². The van der Waals surface area contributed by atoms with Crippen LogP contribution in [0.1, 0.15) is 310 Å². The van der Waals surface area contributed by atoms with Crippen molar-refractivity contribution in [2.24, 2.45) is 0 Å². The number of ether oxygens (including phenoxy) is 3. The van der Waals surface area contributed by atoms with Crippen molar-refractivity contribution in [2.75, 3.05) is 13.2 Å². The van der Waals surface area contributed by atoms with Crippen LogP contribution in [0.15, 0.2) is 36.5 Å². The summed E-state index contributed by atoms with van der Waals surface area (Å²) in [6.07, 6.45) is 65.9. The SMILES string of the molecule is CCCC/C=C\CCCCCCCC(=O)OC(COC(=O)CCCCCCCCCCCC)COC(=O)CCCCCCCCCCCCCCCCC/C=C\C/C=C\CCCCCCC. The van der Waals surface area contributed by atoms with Crippen LogP contribution in [0.4, 0.5) is 0 Å². The van der Waals surface area contributed by atoms with Crippen LogP contribution in [0, 0.1) is 0 Å². The van der Waals surface area contributed by atoms with Gasteiger partial charge in [-0.3, -0.25) is 14.4 Å². The first-order valence-corrected chi connectivity index (χ1v) is 29.0. The molecule has 0 aromatic carbocycles. The molecule has 0 rings (SSSR count). The molecule has 0 aliphatic carbocycles. The van der Waals surface area contributed by atoms with Gasteiger partial charge in [-0.2, -0.15) is 0 Å². The Morgan fingerprint density at radius 3 is 0.894 bits per heavy atom. The zero-order valence-electron chi connectivity index (χ0n) is 44.2. The summed E-state index contributed by atoms with van der Waals surface area (Å²) in [5, 5.41) is 0. The minimum atomic E-state index is -0.771. The molecule has 1 atom stereocenters. The largest absolute Gasteiger partial charge is 0.462 e. The van der Waals surface area contributed by atoms with E-state index in [0.29, 0.717) is 19.3 Å². The van der Waals surface area contributed by atoms with Crippen LogP contribution in [0.2, 0.25) is 0 Å². The highest BCUT2D eigenvalue weighted by molar-refractivity contribution is 5.71. The van der Waals surface area contributed by atoms with Gasteiger partial charge < -0.3 is 14.2 Å². The Bertz CT molecular complexity index is 1110. The van der Waals surface area contributed by atoms with E-state index in [1.54, 1.807) is 0 Å². The van der Waals surface area contributed by atoms with Crippen LogP contribution in [0.5, 0.6) is 0 Å². The highest BCUT2D eigenvalue weighted by Crippen LogP contribution is 2.16. The van der Waals surface area contributed by atoms with Crippen LogP contribution in [0.3, 0.4) is 0 Å². The highest BCUT2D eigenvalue weighted by atomic mass is 16.6. The lowest BCUT2D eigenvalue weighted by Crippen LogP contribution is -2.30. The molecule has 0 aliphatic heterocycles. The van der Waals surface area contributed by atoms with E-state index in [-0.39, 0.29) is 31.1 Å². The third-order valence-corrected chi connectivity index (χ3v) is 12.9. The Morgan fingerprint density at radius 1 is 0.303 bits per heavy atom. The lowest BCUT2D eigenvalue weighted by Gasteiger charge is -2.18. The summed E-state index contributed by atoms with van der Waals surface area (Å²) in [7, 11) is 0. The Morgan fingerprint density at radius 2 is 0.561 bits per heavy atom. The average molecular weight is 928 g/mol. The second-order valence-corrected chi connectivity index (χ2v) is 19.6. The maximum atomic E-state index is 12.8. The quantitative estimate of drug-likeness (QED) is 0.0262. The first-order valence-electron chi connectivity index (χ1n) is 29.0. The fourth-order valence-corrected chi connectivity index (χ4v) is 8.46. The van der Waals surface area contributed by atoms with Gasteiger partial charge in [0.05, 0.1) is 0 Å². The summed E-state index contributed by atoms with van der Waals surface area (Å²) in [4.78, 5) is 37.9. The zero-order valence-corrected chi connectivity index (χ0v) is 44.2. The molecule has 0 fully saturated rings. The molecule has 6 heteroatoms. The van der Waals surface area contributed by atoms with E-state index >= 15 is 0 Å². The van der Waals surface area contributed by atoms with Crippen molar-refractivity contribution in [3.63, 3.8) is 0 Å². The average Bonchev–Trinajstić information content (AvgIpc) is 3.31. The number of esters is 3. The molecule has 0 heterocycles. The van der Waals surface area contributed by atoms with Gasteiger partial charge in [-0.25, -0.2) is 0 Å². The minimum Gasteiger partial charge on any atom is -0.462 e. The normalized spacial score (nSPS) is 12.2. The van der Waals surface area contributed by atoms with E-state index in [4.69, 9.17) is 14.2 Å². The van der Waals surface area contributed by atoms with Crippen molar-refractivity contribution >= 4 is 17.9 Å². The van der Waals surface area contributed by atoms with Gasteiger partial charge in [0.1, 0.15) is 13.2 Å². The summed E-state index contributed by atoms with van der Waals surface area (Å²) < 4.78 is 16.8. The van der Waals surface area contributed by atoms with E-state index in [1.807, 2.05) is 0 Å². The summed E-state index contributed by atoms with van der Waals surface area (Å²) >= 11 is 0. The fraction of sp³-hybridized carbons (Fsp3) is 0.850. The molecule has 0 saturated carbocycles. The van der Waals surface area contributed by atoms with Crippen molar-refractivity contribution < 1.29 is 28.6 Å². The number of carbonyl (C=O) groups is 3. The van der Waals surface area contributed by atoms with Crippen molar-refractivity contribution in [2.45, 2.75) is 316 Å². The Balaban J connectivity index is 4.10. The molecular formula is C60H110O6. The van der Waals surface area contributed by atoms with Gasteiger partial charge in [-0.15, -0.1) is 0 Å². The number of hydrogen-bond acceptors (Lipinski definition) is 6. The molecule has 1 unspecified atom stereocenters. The summed E-state index contributed by atoms with van der Waals surface area (Å²) in [6.45, 7) is 6.60. The van der Waals surface area contributed by atoms with E-state index < -0.39 is 6.10 Å². The van der Waals surface area contributed by atoms with Crippen LogP contribution in [-0.2, 0) is 28.6 Å². The Hall–Kier alpha value is -2.37. The maximum Gasteiger partial charge on any atom is 0.306 e. The summed E-state index contributed by atoms with van der Waals surface area (Å²) in [6, 6.07) is 0. The predicted molar refractivity (Wildman–Crippen MR) is 284 cm³/mol. The van der Waals surface area contributed by atoms with Crippen LogP contribution >= 0.6 is 0 Å². The van der Waals surface area contributed by atoms with E-state index in [2.05, 4.69) is 57.2 Å². The molecule has 0 amide bonds. The van der Waals surface area contributed by atoms with Gasteiger partial charge in [-0.1, -0.05) is 256 Å². The molecule has 66 heavy (non-hydrogen) atoms. The van der Waals surface area contributed by atoms with Gasteiger partial charge in [-0.05, 0) is 70.6 Å². The van der Waals surface area contributed by atoms with E-state index in [0.717, 1.165) is 77.0 Å². The highest BCUT2D eigenvalue weighted by Gasteiger charge is 2.19. The molecule has 0 radical (unpaired) electrons. The van der Waals surface area contributed by atoms with Crippen LogP contribution < -0.4 is 0 Å². The zero-order chi connectivity index (χ0) is 47.9. The standard InChI is InChI=1S/C60H110O6/c1-4-7-10-13-16-19-22-23-24-25-26-27-28-29-30-31-32-33-34-35-36-37-39-41-44-47-50-53-59(62)65-56-57(55-64-58(61)52-49-46-43-40-21-18-15-12-9-6-3)66-60(63)54-51-48-45-42-38-20-17-14-11-8-5-2/h14,17,22-23,25-26,57H,4-13,15-16,18-21,24,27-56H2,1-3H3/b17-14-,23-22-,26-25-. The first kappa shape index (κ1) is 63.6. The molecule has 0 N–H and O–H groups in total. The molecular weight excluding hydrogens is 817 g/mol. The second kappa shape index (κ2) is 55.2. The second-order valence-electron chi connectivity index (χ2n) is 19.6. The van der Waals surface area contributed by atoms with Gasteiger partial charge in [0, 0.05) is 19.3 Å². The topological polar surface area (TPSA) is 78.9 Å². The smallest absolute Gasteiger partial charge is 0.306 e. The Labute approximate surface area is 410 Å². The lowest BCUT2D eigenvalue weighted by atomic mass is 10.0. The monoisotopic (exact) mass is 927 g/mol. The number of carbonyl (C=O) groups excluding carboxylic acids is 3. The van der Waals surface area contributed by atoms with Crippen molar-refractivity contribution in [3.8, 4) is 0 Å². The first-order chi connectivity index (χ1) is 32.5. The van der Waals surface area contributed by atoms with Crippen molar-refractivity contribution in [3.05, 3.63) is 36.5 Å². The molecule has 0 saturated heterocycles. The number of hydrogen-bond donors (Lipinski definition) is 0. The predicted octanol–water partition coefficient (Wildman–Crippen LogP) is 19.3. The molecule has 386 valence electrons. The molecule has 0 aliphatic rings. The van der Waals surface area contributed by atoms with E-state index in [9.17, 15) is 14.4 Å². The maximum absolute atomic E-state index is 12.8. The van der Waals surface area contributed by atoms with Gasteiger partial charge >= 0.3 is 17.9 Å². The minimum absolute atomic E-state index is 0.0717. The number of allylic oxidation sites excluding steroid dienone is 6. The third kappa shape index (κ3) is 52.6. The summed E-state index contributed by atoms with van der Waals surface area (Å²) in [5.74, 6) is -0.870. The van der Waals surface area contributed by atoms with E-state index in [1.165, 1.54) is 193 Å². The number of rotatable bonds is 53. The van der Waals surface area contributed by atoms with Gasteiger partial charge in [0.15, 0.2) is 6.10 Å². The lowest BCUT2D eigenvalue weighted by molar-refractivity contribution is -0.167. The third-order valence-electron chi connectivity index (χ3n) is 12.9. The number of unbranched alkanes of at least 4 members (excludes halogenated alkanes) is 36. The molecule has 6 nitrogen and oxygen atoms in total. The molecule has 0 aromatic heterocycles.